The molecule has 2 amide bonds. The van der Waals surface area contributed by atoms with Gasteiger partial charge in [-0.2, -0.15) is 0 Å². The molecule has 3 aromatic rings. The van der Waals surface area contributed by atoms with Crippen LogP contribution in [-0.2, 0) is 4.74 Å². The summed E-state index contributed by atoms with van der Waals surface area (Å²) in [5.41, 5.74) is 3.50. The Labute approximate surface area is 205 Å². The minimum absolute atomic E-state index is 0.0991. The number of benzene rings is 3. The maximum atomic E-state index is 13.6. The van der Waals surface area contributed by atoms with Crippen molar-refractivity contribution < 1.29 is 14.3 Å². The number of hydrogen-bond donors (Lipinski definition) is 1. The van der Waals surface area contributed by atoms with E-state index in [1.807, 2.05) is 32.3 Å². The Morgan fingerprint density at radius 1 is 1.00 bits per heavy atom. The fourth-order valence-corrected chi connectivity index (χ4v) is 4.54. The number of methoxy groups -OCH3 is 1. The Hall–Kier alpha value is -3.19. The Morgan fingerprint density at radius 2 is 1.68 bits per heavy atom. The van der Waals surface area contributed by atoms with E-state index < -0.39 is 0 Å². The average molecular weight is 478 g/mol. The first-order valence-corrected chi connectivity index (χ1v) is 11.5. The predicted octanol–water partition coefficient (Wildman–Crippen LogP) is 5.26. The zero-order valence-corrected chi connectivity index (χ0v) is 20.3. The van der Waals surface area contributed by atoms with Gasteiger partial charge in [-0.3, -0.25) is 9.59 Å². The number of carbonyl (C=O) groups excluding carboxylic acids is 2. The number of anilines is 2. The molecular weight excluding hydrogens is 450 g/mol. The number of nitrogens with zero attached hydrogens (tertiary/aromatic N) is 2. The number of ether oxygens (including phenoxy) is 1. The Morgan fingerprint density at radius 3 is 2.35 bits per heavy atom. The van der Waals surface area contributed by atoms with Crippen LogP contribution in [0.15, 0.2) is 72.8 Å². The van der Waals surface area contributed by atoms with E-state index in [1.165, 1.54) is 0 Å². The third kappa shape index (κ3) is 4.99. The summed E-state index contributed by atoms with van der Waals surface area (Å²) in [6.07, 6.45) is 0.690. The summed E-state index contributed by atoms with van der Waals surface area (Å²) >= 11 is 6.12. The van der Waals surface area contributed by atoms with Gasteiger partial charge in [0.15, 0.2) is 0 Å². The van der Waals surface area contributed by atoms with Crippen LogP contribution in [0.1, 0.15) is 38.7 Å². The topological polar surface area (TPSA) is 61.9 Å². The molecule has 7 heteroatoms. The molecule has 0 saturated heterocycles. The second-order valence-electron chi connectivity index (χ2n) is 8.56. The highest BCUT2D eigenvalue weighted by Gasteiger charge is 2.32. The van der Waals surface area contributed by atoms with Gasteiger partial charge in [-0.1, -0.05) is 41.9 Å². The Bertz CT molecular complexity index is 1180. The van der Waals surface area contributed by atoms with Crippen molar-refractivity contribution >= 4 is 34.8 Å². The van der Waals surface area contributed by atoms with Crippen molar-refractivity contribution in [2.24, 2.45) is 0 Å². The molecule has 0 aliphatic carbocycles. The molecule has 4 rings (SSSR count). The quantitative estimate of drug-likeness (QED) is 0.544. The fraction of sp³-hybridized carbons (Fsp3) is 0.259. The Balaban J connectivity index is 1.58. The maximum absolute atomic E-state index is 13.6. The smallest absolute Gasteiger partial charge is 0.258 e. The van der Waals surface area contributed by atoms with Gasteiger partial charge in [-0.25, -0.2) is 0 Å². The molecule has 0 spiro atoms. The highest BCUT2D eigenvalue weighted by Crippen LogP contribution is 2.37. The van der Waals surface area contributed by atoms with E-state index in [-0.39, 0.29) is 24.0 Å². The van der Waals surface area contributed by atoms with Crippen molar-refractivity contribution in [1.82, 2.24) is 4.90 Å². The van der Waals surface area contributed by atoms with Gasteiger partial charge in [0.25, 0.3) is 11.8 Å². The number of amides is 2. The summed E-state index contributed by atoms with van der Waals surface area (Å²) in [4.78, 5) is 30.1. The lowest BCUT2D eigenvalue weighted by atomic mass is 10.00. The van der Waals surface area contributed by atoms with Gasteiger partial charge in [-0.05, 0) is 68.5 Å². The maximum Gasteiger partial charge on any atom is 0.258 e. The molecular formula is C27H28ClN3O3. The molecule has 1 N–H and O–H groups in total. The zero-order chi connectivity index (χ0) is 24.2. The summed E-state index contributed by atoms with van der Waals surface area (Å²) < 4.78 is 5.73. The largest absolute Gasteiger partial charge is 0.380 e. The van der Waals surface area contributed by atoms with Crippen molar-refractivity contribution in [1.29, 1.82) is 0 Å². The van der Waals surface area contributed by atoms with Crippen molar-refractivity contribution in [3.63, 3.8) is 0 Å². The normalized spacial score (nSPS) is 17.7. The molecule has 0 aromatic heterocycles. The van der Waals surface area contributed by atoms with Crippen LogP contribution in [0, 0.1) is 0 Å². The van der Waals surface area contributed by atoms with Crippen LogP contribution in [0.3, 0.4) is 0 Å². The SMILES string of the molecule is COC1CC(N(C)C)c2ccccc2N(C(=O)c2ccc(NC(=O)c3ccccc3Cl)cc2)C1. The lowest BCUT2D eigenvalue weighted by Gasteiger charge is -2.26. The molecule has 0 fully saturated rings. The minimum atomic E-state index is -0.302. The van der Waals surface area contributed by atoms with Gasteiger partial charge in [0.2, 0.25) is 0 Å². The van der Waals surface area contributed by atoms with Crippen LogP contribution in [0.5, 0.6) is 0 Å². The van der Waals surface area contributed by atoms with Crippen LogP contribution in [0.4, 0.5) is 11.4 Å². The molecule has 2 atom stereocenters. The summed E-state index contributed by atoms with van der Waals surface area (Å²) in [5, 5.41) is 3.22. The molecule has 0 saturated carbocycles. The van der Waals surface area contributed by atoms with Crippen LogP contribution in [-0.4, -0.2) is 50.6 Å². The fourth-order valence-electron chi connectivity index (χ4n) is 4.32. The molecule has 0 bridgehead atoms. The molecule has 1 aliphatic heterocycles. The number of para-hydroxylation sites is 1. The predicted molar refractivity (Wildman–Crippen MR) is 136 cm³/mol. The van der Waals surface area contributed by atoms with Crippen LogP contribution < -0.4 is 10.2 Å². The number of hydrogen-bond acceptors (Lipinski definition) is 4. The second kappa shape index (κ2) is 10.4. The Kier molecular flexibility index (Phi) is 7.32. The summed E-state index contributed by atoms with van der Waals surface area (Å²) in [7, 11) is 5.77. The van der Waals surface area contributed by atoms with E-state index in [0.29, 0.717) is 28.4 Å². The van der Waals surface area contributed by atoms with Crippen molar-refractivity contribution in [3.8, 4) is 0 Å². The first-order chi connectivity index (χ1) is 16.4. The molecule has 1 heterocycles. The summed E-state index contributed by atoms with van der Waals surface area (Å²) in [6, 6.07) is 21.9. The van der Waals surface area contributed by atoms with Gasteiger partial charge in [0.1, 0.15) is 0 Å². The monoisotopic (exact) mass is 477 g/mol. The van der Waals surface area contributed by atoms with Crippen LogP contribution in [0.25, 0.3) is 0 Å². The molecule has 2 unspecified atom stereocenters. The molecule has 0 radical (unpaired) electrons. The average Bonchev–Trinajstić information content (AvgIpc) is 3.01. The number of carbonyl (C=O) groups is 2. The van der Waals surface area contributed by atoms with Crippen LogP contribution >= 0.6 is 11.6 Å². The van der Waals surface area contributed by atoms with E-state index in [1.54, 1.807) is 60.5 Å². The van der Waals surface area contributed by atoms with E-state index in [4.69, 9.17) is 16.3 Å². The third-order valence-corrected chi connectivity index (χ3v) is 6.50. The molecule has 6 nitrogen and oxygen atoms in total. The highest BCUT2D eigenvalue weighted by molar-refractivity contribution is 6.34. The third-order valence-electron chi connectivity index (χ3n) is 6.17. The number of rotatable bonds is 5. The van der Waals surface area contributed by atoms with Gasteiger partial charge in [-0.15, -0.1) is 0 Å². The zero-order valence-electron chi connectivity index (χ0n) is 19.5. The summed E-state index contributed by atoms with van der Waals surface area (Å²) in [5.74, 6) is -0.415. The molecule has 34 heavy (non-hydrogen) atoms. The van der Waals surface area contributed by atoms with Crippen molar-refractivity contribution in [2.45, 2.75) is 18.6 Å². The second-order valence-corrected chi connectivity index (χ2v) is 8.97. The van der Waals surface area contributed by atoms with E-state index in [0.717, 1.165) is 17.7 Å². The number of halogens is 1. The number of nitrogens with one attached hydrogen (secondary N) is 1. The lowest BCUT2D eigenvalue weighted by Crippen LogP contribution is -2.37. The lowest BCUT2D eigenvalue weighted by molar-refractivity contribution is 0.0743. The highest BCUT2D eigenvalue weighted by atomic mass is 35.5. The van der Waals surface area contributed by atoms with Gasteiger partial charge in [0, 0.05) is 30.1 Å². The first kappa shape index (κ1) is 24.0. The van der Waals surface area contributed by atoms with Gasteiger partial charge in [0.05, 0.1) is 23.2 Å². The minimum Gasteiger partial charge on any atom is -0.380 e. The van der Waals surface area contributed by atoms with Crippen molar-refractivity contribution in [2.75, 3.05) is 38.0 Å². The van der Waals surface area contributed by atoms with E-state index >= 15 is 0 Å². The number of fused-ring (bicyclic) bond motifs is 1. The van der Waals surface area contributed by atoms with Gasteiger partial charge >= 0.3 is 0 Å². The van der Waals surface area contributed by atoms with E-state index in [9.17, 15) is 9.59 Å². The first-order valence-electron chi connectivity index (χ1n) is 11.1. The molecule has 1 aliphatic rings. The summed E-state index contributed by atoms with van der Waals surface area (Å²) in [6.45, 7) is 0.460. The standard InChI is InChI=1S/C27H28ClN3O3/c1-30(2)25-16-20(34-3)17-31(24-11-7-5-9-22(24)25)27(33)18-12-14-19(15-13-18)29-26(32)21-8-4-6-10-23(21)28/h4-15,20,25H,16-17H2,1-3H3,(H,29,32). The van der Waals surface area contributed by atoms with Crippen LogP contribution in [0.2, 0.25) is 5.02 Å². The molecule has 3 aromatic carbocycles. The van der Waals surface area contributed by atoms with Gasteiger partial charge < -0.3 is 19.9 Å². The van der Waals surface area contributed by atoms with E-state index in [2.05, 4.69) is 16.3 Å². The molecule has 176 valence electrons. The van der Waals surface area contributed by atoms with Crippen molar-refractivity contribution in [3.05, 3.63) is 94.5 Å².